The quantitative estimate of drug-likeness (QED) is 0.467. The molecule has 0 fully saturated rings. The third-order valence-electron chi connectivity index (χ3n) is 4.29. The Kier molecular flexibility index (Phi) is 4.42. The van der Waals surface area contributed by atoms with Crippen LogP contribution in [0.25, 0.3) is 16.7 Å². The van der Waals surface area contributed by atoms with E-state index in [1.54, 1.807) is 10.9 Å². The van der Waals surface area contributed by atoms with E-state index in [1.807, 2.05) is 65.9 Å². The van der Waals surface area contributed by atoms with Gasteiger partial charge in [0.25, 0.3) is 5.56 Å². The van der Waals surface area contributed by atoms with Crippen LogP contribution in [0.1, 0.15) is 5.56 Å². The standard InChI is InChI=1S/C20H16BrN5O/c1-24(2)18-15(21)10-11-16-17(18)19(27)25(20-23-22-13-26(16)20)12-6-9-14-7-4-3-5-8-14/h3-5,7-8,10-11,13H,12H2,1-2H3. The average molecular weight is 422 g/mol. The van der Waals surface area contributed by atoms with Crippen LogP contribution in [-0.4, -0.2) is 33.3 Å². The molecule has 0 aliphatic rings. The van der Waals surface area contributed by atoms with Crippen molar-refractivity contribution >= 4 is 38.3 Å². The lowest BCUT2D eigenvalue weighted by molar-refractivity contribution is 0.800. The predicted octanol–water partition coefficient (Wildman–Crippen LogP) is 2.92. The molecular formula is C20H16BrN5O. The molecule has 0 N–H and O–H groups in total. The molecule has 0 saturated carbocycles. The number of hydrogen-bond donors (Lipinski definition) is 0. The summed E-state index contributed by atoms with van der Waals surface area (Å²) in [6.45, 7) is 0.227. The third kappa shape index (κ3) is 2.98. The molecule has 4 rings (SSSR count). The molecule has 0 unspecified atom stereocenters. The lowest BCUT2D eigenvalue weighted by Gasteiger charge is -2.18. The zero-order chi connectivity index (χ0) is 19.0. The van der Waals surface area contributed by atoms with Gasteiger partial charge in [-0.1, -0.05) is 30.0 Å². The topological polar surface area (TPSA) is 55.4 Å². The molecule has 0 amide bonds. The summed E-state index contributed by atoms with van der Waals surface area (Å²) in [6.07, 6.45) is 1.62. The first-order valence-corrected chi connectivity index (χ1v) is 9.13. The van der Waals surface area contributed by atoms with Gasteiger partial charge < -0.3 is 4.90 Å². The molecule has 7 heteroatoms. The van der Waals surface area contributed by atoms with E-state index in [0.29, 0.717) is 11.2 Å². The number of fused-ring (bicyclic) bond motifs is 3. The summed E-state index contributed by atoms with van der Waals surface area (Å²) in [5.74, 6) is 6.64. The number of halogens is 1. The SMILES string of the molecule is CN(C)c1c(Br)ccc2c1c(=O)n(CC#Cc1ccccc1)c1nncn21. The van der Waals surface area contributed by atoms with E-state index in [9.17, 15) is 4.79 Å². The molecule has 0 saturated heterocycles. The molecule has 0 radical (unpaired) electrons. The summed E-state index contributed by atoms with van der Waals surface area (Å²) < 4.78 is 4.23. The summed E-state index contributed by atoms with van der Waals surface area (Å²) in [7, 11) is 3.82. The maximum atomic E-state index is 13.3. The fourth-order valence-electron chi connectivity index (χ4n) is 3.10. The van der Waals surface area contributed by atoms with E-state index in [0.717, 1.165) is 21.2 Å². The van der Waals surface area contributed by atoms with Crippen molar-refractivity contribution in [1.29, 1.82) is 0 Å². The number of benzene rings is 2. The van der Waals surface area contributed by atoms with E-state index < -0.39 is 0 Å². The molecule has 27 heavy (non-hydrogen) atoms. The zero-order valence-corrected chi connectivity index (χ0v) is 16.4. The summed E-state index contributed by atoms with van der Waals surface area (Å²) in [6, 6.07) is 13.5. The molecule has 134 valence electrons. The Bertz CT molecular complexity index is 1260. The molecule has 0 aliphatic carbocycles. The van der Waals surface area contributed by atoms with Gasteiger partial charge in [-0.15, -0.1) is 10.2 Å². The predicted molar refractivity (Wildman–Crippen MR) is 110 cm³/mol. The number of hydrogen-bond acceptors (Lipinski definition) is 4. The van der Waals surface area contributed by atoms with Gasteiger partial charge in [-0.3, -0.25) is 13.8 Å². The molecule has 2 aromatic heterocycles. The van der Waals surface area contributed by atoms with E-state index in [-0.39, 0.29) is 12.1 Å². The van der Waals surface area contributed by atoms with Gasteiger partial charge in [-0.2, -0.15) is 0 Å². The van der Waals surface area contributed by atoms with Gasteiger partial charge in [-0.05, 0) is 40.2 Å². The molecule has 2 aromatic carbocycles. The molecule has 0 spiro atoms. The van der Waals surface area contributed by atoms with Gasteiger partial charge in [0.2, 0.25) is 5.78 Å². The first kappa shape index (κ1) is 17.3. The number of anilines is 1. The molecule has 0 atom stereocenters. The summed E-state index contributed by atoms with van der Waals surface area (Å²) in [5, 5.41) is 8.73. The van der Waals surface area contributed by atoms with Crippen molar-refractivity contribution < 1.29 is 0 Å². The molecule has 0 bridgehead atoms. The number of rotatable bonds is 2. The number of aromatic nitrogens is 4. The minimum atomic E-state index is -0.141. The minimum Gasteiger partial charge on any atom is -0.376 e. The van der Waals surface area contributed by atoms with E-state index in [1.165, 1.54) is 0 Å². The second-order valence-electron chi connectivity index (χ2n) is 6.24. The Morgan fingerprint density at radius 1 is 1.15 bits per heavy atom. The van der Waals surface area contributed by atoms with Crippen LogP contribution >= 0.6 is 15.9 Å². The van der Waals surface area contributed by atoms with Gasteiger partial charge in [0, 0.05) is 24.1 Å². The third-order valence-corrected chi connectivity index (χ3v) is 4.93. The Morgan fingerprint density at radius 2 is 1.93 bits per heavy atom. The van der Waals surface area contributed by atoms with Crippen LogP contribution in [0.15, 0.2) is 58.1 Å². The Morgan fingerprint density at radius 3 is 2.67 bits per heavy atom. The second kappa shape index (κ2) is 6.89. The van der Waals surface area contributed by atoms with E-state index in [2.05, 4.69) is 38.0 Å². The van der Waals surface area contributed by atoms with Crippen molar-refractivity contribution in [2.45, 2.75) is 6.54 Å². The van der Waals surface area contributed by atoms with Crippen molar-refractivity contribution in [2.24, 2.45) is 0 Å². The molecule has 6 nitrogen and oxygen atoms in total. The lowest BCUT2D eigenvalue weighted by Crippen LogP contribution is -2.25. The van der Waals surface area contributed by atoms with Crippen molar-refractivity contribution in [3.8, 4) is 11.8 Å². The van der Waals surface area contributed by atoms with Crippen molar-refractivity contribution in [3.05, 3.63) is 69.2 Å². The fraction of sp³-hybridized carbons (Fsp3) is 0.150. The van der Waals surface area contributed by atoms with Crippen molar-refractivity contribution in [1.82, 2.24) is 19.2 Å². The fourth-order valence-corrected chi connectivity index (χ4v) is 3.78. The van der Waals surface area contributed by atoms with Crippen molar-refractivity contribution in [3.63, 3.8) is 0 Å². The van der Waals surface area contributed by atoms with Crippen LogP contribution < -0.4 is 10.5 Å². The van der Waals surface area contributed by atoms with Crippen LogP contribution in [0.3, 0.4) is 0 Å². The molecular weight excluding hydrogens is 406 g/mol. The highest BCUT2D eigenvalue weighted by Crippen LogP contribution is 2.31. The van der Waals surface area contributed by atoms with Crippen LogP contribution in [0.5, 0.6) is 0 Å². The lowest BCUT2D eigenvalue weighted by atomic mass is 10.2. The monoisotopic (exact) mass is 421 g/mol. The summed E-state index contributed by atoms with van der Waals surface area (Å²) in [5.41, 5.74) is 2.34. The maximum absolute atomic E-state index is 13.3. The highest BCUT2D eigenvalue weighted by molar-refractivity contribution is 9.10. The van der Waals surface area contributed by atoms with Crippen LogP contribution in [0, 0.1) is 11.8 Å². The Hall–Kier alpha value is -3.11. The summed E-state index contributed by atoms with van der Waals surface area (Å²) >= 11 is 3.56. The van der Waals surface area contributed by atoms with Gasteiger partial charge in [0.15, 0.2) is 0 Å². The van der Waals surface area contributed by atoms with Gasteiger partial charge >= 0.3 is 0 Å². The smallest absolute Gasteiger partial charge is 0.265 e. The largest absolute Gasteiger partial charge is 0.376 e. The summed E-state index contributed by atoms with van der Waals surface area (Å²) in [4.78, 5) is 15.2. The second-order valence-corrected chi connectivity index (χ2v) is 7.10. The maximum Gasteiger partial charge on any atom is 0.265 e. The van der Waals surface area contributed by atoms with E-state index >= 15 is 0 Å². The normalized spacial score (nSPS) is 10.8. The van der Waals surface area contributed by atoms with Crippen molar-refractivity contribution in [2.75, 3.05) is 19.0 Å². The molecule has 2 heterocycles. The van der Waals surface area contributed by atoms with Gasteiger partial charge in [0.05, 0.1) is 23.1 Å². The minimum absolute atomic E-state index is 0.141. The highest BCUT2D eigenvalue weighted by atomic mass is 79.9. The van der Waals surface area contributed by atoms with Crippen LogP contribution in [-0.2, 0) is 6.54 Å². The average Bonchev–Trinajstić information content (AvgIpc) is 3.14. The van der Waals surface area contributed by atoms with E-state index in [4.69, 9.17) is 0 Å². The van der Waals surface area contributed by atoms with Gasteiger partial charge in [-0.25, -0.2) is 0 Å². The van der Waals surface area contributed by atoms with Gasteiger partial charge in [0.1, 0.15) is 6.33 Å². The Labute approximate surface area is 164 Å². The first-order chi connectivity index (χ1) is 13.1. The number of nitrogens with zero attached hydrogens (tertiary/aromatic N) is 5. The highest BCUT2D eigenvalue weighted by Gasteiger charge is 2.18. The first-order valence-electron chi connectivity index (χ1n) is 8.34. The van der Waals surface area contributed by atoms with Crippen LogP contribution in [0.2, 0.25) is 0 Å². The van der Waals surface area contributed by atoms with Crippen LogP contribution in [0.4, 0.5) is 5.69 Å². The zero-order valence-electron chi connectivity index (χ0n) is 14.8. The Balaban J connectivity index is 1.96. The molecule has 0 aliphatic heterocycles. The molecule has 4 aromatic rings.